The van der Waals surface area contributed by atoms with Gasteiger partial charge in [-0.05, 0) is 31.2 Å². The number of pyridine rings is 2. The van der Waals surface area contributed by atoms with Crippen LogP contribution in [-0.2, 0) is 9.53 Å². The molecule has 0 atom stereocenters. The summed E-state index contributed by atoms with van der Waals surface area (Å²) in [6, 6.07) is 12.3. The summed E-state index contributed by atoms with van der Waals surface area (Å²) in [4.78, 5) is 61.7. The maximum Gasteiger partial charge on any atom is 0.356 e. The minimum atomic E-state index is -0.587. The standard InChI is InChI=1S/C25H18N4O5/c1-3-34-25(33)19-10-15-13-6-4-5-7-16(13)27-21(15)23(29-19)17-9-8-14-20(31)11-18(26-12(2)30)24(32)22(14)28-17/h4-11,27H,3H2,1-2H3,(H,26,30). The lowest BCUT2D eigenvalue weighted by atomic mass is 9.96. The van der Waals surface area contributed by atoms with Crippen LogP contribution in [0.4, 0.5) is 0 Å². The normalized spacial score (nSPS) is 13.1. The van der Waals surface area contributed by atoms with Crippen LogP contribution in [0.25, 0.3) is 33.2 Å². The van der Waals surface area contributed by atoms with Crippen molar-refractivity contribution in [1.29, 1.82) is 0 Å². The van der Waals surface area contributed by atoms with Crippen LogP contribution in [0.3, 0.4) is 0 Å². The van der Waals surface area contributed by atoms with Gasteiger partial charge in [-0.3, -0.25) is 14.4 Å². The van der Waals surface area contributed by atoms with Gasteiger partial charge in [-0.2, -0.15) is 0 Å². The highest BCUT2D eigenvalue weighted by Crippen LogP contribution is 2.33. The minimum Gasteiger partial charge on any atom is -0.461 e. The van der Waals surface area contributed by atoms with Crippen molar-refractivity contribution in [2.75, 3.05) is 6.61 Å². The lowest BCUT2D eigenvalue weighted by Crippen LogP contribution is -2.30. The fourth-order valence-electron chi connectivity index (χ4n) is 3.99. The van der Waals surface area contributed by atoms with E-state index in [1.165, 1.54) is 13.0 Å². The third-order valence-corrected chi connectivity index (χ3v) is 5.43. The molecule has 1 amide bonds. The van der Waals surface area contributed by atoms with Gasteiger partial charge >= 0.3 is 5.97 Å². The summed E-state index contributed by atoms with van der Waals surface area (Å²) >= 11 is 0. The second-order valence-corrected chi connectivity index (χ2v) is 7.69. The average molecular weight is 454 g/mol. The number of ketones is 2. The highest BCUT2D eigenvalue weighted by atomic mass is 16.5. The number of nitrogens with one attached hydrogen (secondary N) is 2. The van der Waals surface area contributed by atoms with Crippen LogP contribution >= 0.6 is 0 Å². The molecule has 9 nitrogen and oxygen atoms in total. The van der Waals surface area contributed by atoms with Gasteiger partial charge in [0.1, 0.15) is 17.1 Å². The number of ether oxygens (including phenoxy) is 1. The van der Waals surface area contributed by atoms with Crippen molar-refractivity contribution in [1.82, 2.24) is 20.3 Å². The second-order valence-electron chi connectivity index (χ2n) is 7.69. The minimum absolute atomic E-state index is 0.0925. The number of nitrogens with zero attached hydrogens (tertiary/aromatic N) is 2. The quantitative estimate of drug-likeness (QED) is 0.452. The third-order valence-electron chi connectivity index (χ3n) is 5.43. The predicted molar refractivity (Wildman–Crippen MR) is 123 cm³/mol. The van der Waals surface area contributed by atoms with E-state index in [9.17, 15) is 19.2 Å². The molecule has 4 aromatic rings. The molecular weight excluding hydrogens is 436 g/mol. The van der Waals surface area contributed by atoms with Crippen LogP contribution in [0.15, 0.2) is 54.2 Å². The molecule has 1 aromatic carbocycles. The smallest absolute Gasteiger partial charge is 0.356 e. The number of Topliss-reactive ketones (excluding diaryl/α,β-unsaturated/α-hetero) is 1. The monoisotopic (exact) mass is 454 g/mol. The van der Waals surface area contributed by atoms with Gasteiger partial charge in [0.05, 0.1) is 29.1 Å². The fourth-order valence-corrected chi connectivity index (χ4v) is 3.99. The Bertz CT molecular complexity index is 1580. The fraction of sp³-hybridized carbons (Fsp3) is 0.120. The first-order valence-electron chi connectivity index (χ1n) is 10.6. The number of para-hydroxylation sites is 1. The third kappa shape index (κ3) is 3.43. The van der Waals surface area contributed by atoms with Gasteiger partial charge in [0.2, 0.25) is 11.7 Å². The van der Waals surface area contributed by atoms with E-state index in [1.54, 1.807) is 19.1 Å². The van der Waals surface area contributed by atoms with Crippen LogP contribution in [0.1, 0.15) is 45.2 Å². The number of H-pyrrole nitrogens is 1. The molecule has 0 aliphatic heterocycles. The maximum absolute atomic E-state index is 12.9. The zero-order valence-corrected chi connectivity index (χ0v) is 18.3. The molecule has 0 fully saturated rings. The van der Waals surface area contributed by atoms with Crippen LogP contribution in [0.5, 0.6) is 0 Å². The Balaban J connectivity index is 1.73. The molecule has 168 valence electrons. The number of esters is 1. The first-order valence-corrected chi connectivity index (χ1v) is 10.6. The Hall–Kier alpha value is -4.66. The number of carbonyl (C=O) groups is 4. The Kier molecular flexibility index (Phi) is 5.01. The maximum atomic E-state index is 12.9. The SMILES string of the molecule is CCOC(=O)c1cc2c([nH]c3ccccc32)c(-c2ccc3c(n2)C(=O)C(NC(C)=O)=CC3=O)n1. The number of aromatic nitrogens is 3. The zero-order chi connectivity index (χ0) is 24.0. The van der Waals surface area contributed by atoms with E-state index in [2.05, 4.69) is 20.3 Å². The van der Waals surface area contributed by atoms with Gasteiger partial charge in [0, 0.05) is 29.3 Å². The molecular formula is C25H18N4O5. The first kappa shape index (κ1) is 21.2. The van der Waals surface area contributed by atoms with E-state index >= 15 is 0 Å². The summed E-state index contributed by atoms with van der Waals surface area (Å²) in [7, 11) is 0. The number of rotatable bonds is 4. The average Bonchev–Trinajstić information content (AvgIpc) is 3.20. The second kappa shape index (κ2) is 8.04. The molecule has 0 radical (unpaired) electrons. The van der Waals surface area contributed by atoms with Crippen molar-refractivity contribution in [3.05, 3.63) is 71.2 Å². The number of fused-ring (bicyclic) bond motifs is 4. The van der Waals surface area contributed by atoms with Gasteiger partial charge in [-0.1, -0.05) is 18.2 Å². The van der Waals surface area contributed by atoms with E-state index in [-0.39, 0.29) is 34.9 Å². The highest BCUT2D eigenvalue weighted by molar-refractivity contribution is 6.24. The summed E-state index contributed by atoms with van der Waals surface area (Å²) in [5.41, 5.74) is 2.05. The van der Waals surface area contributed by atoms with Crippen molar-refractivity contribution in [2.24, 2.45) is 0 Å². The predicted octanol–water partition coefficient (Wildman–Crippen LogP) is 3.35. The van der Waals surface area contributed by atoms with Crippen molar-refractivity contribution in [3.63, 3.8) is 0 Å². The van der Waals surface area contributed by atoms with E-state index in [0.29, 0.717) is 11.2 Å². The molecule has 3 aromatic heterocycles. The number of aromatic amines is 1. The molecule has 5 rings (SSSR count). The summed E-state index contributed by atoms with van der Waals surface area (Å²) in [5.74, 6) is -2.09. The van der Waals surface area contributed by atoms with Crippen molar-refractivity contribution >= 4 is 45.2 Å². The number of benzene rings is 1. The van der Waals surface area contributed by atoms with Crippen LogP contribution < -0.4 is 5.32 Å². The van der Waals surface area contributed by atoms with E-state index in [1.807, 2.05) is 24.3 Å². The van der Waals surface area contributed by atoms with E-state index < -0.39 is 23.4 Å². The number of hydrogen-bond donors (Lipinski definition) is 2. The summed E-state index contributed by atoms with van der Waals surface area (Å²) in [6.45, 7) is 3.14. The van der Waals surface area contributed by atoms with Crippen LogP contribution in [0.2, 0.25) is 0 Å². The Morgan fingerprint density at radius 3 is 2.59 bits per heavy atom. The summed E-state index contributed by atoms with van der Waals surface area (Å²) < 4.78 is 5.15. The highest BCUT2D eigenvalue weighted by Gasteiger charge is 2.29. The van der Waals surface area contributed by atoms with Gasteiger partial charge in [0.15, 0.2) is 5.78 Å². The van der Waals surface area contributed by atoms with Gasteiger partial charge < -0.3 is 15.0 Å². The summed E-state index contributed by atoms with van der Waals surface area (Å²) in [5, 5.41) is 4.00. The lowest BCUT2D eigenvalue weighted by molar-refractivity contribution is -0.118. The van der Waals surface area contributed by atoms with Crippen molar-refractivity contribution < 1.29 is 23.9 Å². The molecule has 1 aliphatic carbocycles. The molecule has 2 N–H and O–H groups in total. The molecule has 0 spiro atoms. The largest absolute Gasteiger partial charge is 0.461 e. The van der Waals surface area contributed by atoms with Crippen LogP contribution in [0, 0.1) is 0 Å². The molecule has 3 heterocycles. The van der Waals surface area contributed by atoms with Crippen molar-refractivity contribution in [3.8, 4) is 11.4 Å². The summed E-state index contributed by atoms with van der Waals surface area (Å²) in [6.07, 6.45) is 1.09. The topological polar surface area (TPSA) is 131 Å². The number of allylic oxidation sites excluding steroid dienone is 2. The van der Waals surface area contributed by atoms with E-state index in [4.69, 9.17) is 4.74 Å². The number of amides is 1. The Morgan fingerprint density at radius 2 is 1.82 bits per heavy atom. The molecule has 34 heavy (non-hydrogen) atoms. The first-order chi connectivity index (χ1) is 16.4. The molecule has 0 bridgehead atoms. The molecule has 0 saturated heterocycles. The Labute approximate surface area is 192 Å². The molecule has 1 aliphatic rings. The number of carbonyl (C=O) groups excluding carboxylic acids is 4. The molecule has 0 unspecified atom stereocenters. The van der Waals surface area contributed by atoms with Gasteiger partial charge in [-0.15, -0.1) is 0 Å². The number of hydrogen-bond acceptors (Lipinski definition) is 7. The Morgan fingerprint density at radius 1 is 1.03 bits per heavy atom. The zero-order valence-electron chi connectivity index (χ0n) is 18.3. The van der Waals surface area contributed by atoms with Gasteiger partial charge in [0.25, 0.3) is 0 Å². The van der Waals surface area contributed by atoms with Crippen LogP contribution in [-0.4, -0.2) is 45.0 Å². The molecule has 0 saturated carbocycles. The van der Waals surface area contributed by atoms with E-state index in [0.717, 1.165) is 22.4 Å². The van der Waals surface area contributed by atoms with Crippen molar-refractivity contribution in [2.45, 2.75) is 13.8 Å². The van der Waals surface area contributed by atoms with Gasteiger partial charge in [-0.25, -0.2) is 14.8 Å². The lowest BCUT2D eigenvalue weighted by Gasteiger charge is -2.15. The molecule has 9 heteroatoms.